The molecule has 8 nitrogen and oxygen atoms in total. The molecular formula is C24H26N4O4. The molecule has 0 unspecified atom stereocenters. The summed E-state index contributed by atoms with van der Waals surface area (Å²) < 4.78 is 0. The van der Waals surface area contributed by atoms with Crippen LogP contribution in [0.4, 0.5) is 0 Å². The zero-order valence-corrected chi connectivity index (χ0v) is 17.5. The maximum atomic E-state index is 11.3. The minimum absolute atomic E-state index is 0.172. The highest BCUT2D eigenvalue weighted by Gasteiger charge is 2.23. The summed E-state index contributed by atoms with van der Waals surface area (Å²) >= 11 is 0. The van der Waals surface area contributed by atoms with Crippen LogP contribution in [0.1, 0.15) is 43.0 Å². The molecule has 0 atom stereocenters. The van der Waals surface area contributed by atoms with Crippen LogP contribution in [-0.2, 0) is 26.2 Å². The van der Waals surface area contributed by atoms with Crippen molar-refractivity contribution >= 4 is 11.9 Å². The van der Waals surface area contributed by atoms with E-state index in [0.29, 0.717) is 0 Å². The molecule has 0 heterocycles. The quantitative estimate of drug-likeness (QED) is 0.312. The lowest BCUT2D eigenvalue weighted by Crippen LogP contribution is -2.18. The van der Waals surface area contributed by atoms with Crippen LogP contribution in [0.2, 0.25) is 0 Å². The fourth-order valence-electron chi connectivity index (χ4n) is 4.12. The molecule has 0 aromatic heterocycles. The van der Waals surface area contributed by atoms with E-state index in [2.05, 4.69) is 0 Å². The molecule has 0 saturated heterocycles. The van der Waals surface area contributed by atoms with E-state index in [-0.39, 0.29) is 37.3 Å². The van der Waals surface area contributed by atoms with E-state index in [1.165, 1.54) is 24.3 Å². The second kappa shape index (κ2) is 9.71. The Hall–Kier alpha value is -3.56. The normalized spacial score (nSPS) is 10.9. The molecule has 0 bridgehead atoms. The summed E-state index contributed by atoms with van der Waals surface area (Å²) in [4.78, 5) is 22.5. The zero-order chi connectivity index (χ0) is 23.4. The molecule has 3 aromatic carbocycles. The van der Waals surface area contributed by atoms with Crippen LogP contribution < -0.4 is 22.9 Å². The van der Waals surface area contributed by atoms with E-state index in [1.54, 1.807) is 24.3 Å². The number of carboxylic acids is 2. The molecule has 3 aromatic rings. The standard InChI is InChI=1S/C24H26N4O4/c25-9-17-19(11-27)22(14-3-7-16(8-4-14)24(31)32)20(12-28)18(10-26)21(17)13-1-5-15(6-2-13)23(29)30/h1-8H,9-12,25-28H2,(H,29,30)(H,31,32). The summed E-state index contributed by atoms with van der Waals surface area (Å²) in [6.07, 6.45) is 0. The van der Waals surface area contributed by atoms with Crippen molar-refractivity contribution in [2.45, 2.75) is 26.2 Å². The number of nitrogens with two attached hydrogens (primary N) is 4. The summed E-state index contributed by atoms with van der Waals surface area (Å²) in [5, 5.41) is 18.4. The van der Waals surface area contributed by atoms with E-state index in [0.717, 1.165) is 44.5 Å². The first kappa shape index (κ1) is 23.1. The van der Waals surface area contributed by atoms with Crippen molar-refractivity contribution in [3.63, 3.8) is 0 Å². The van der Waals surface area contributed by atoms with Gasteiger partial charge in [-0.05, 0) is 68.8 Å². The first-order chi connectivity index (χ1) is 15.4. The van der Waals surface area contributed by atoms with Crippen molar-refractivity contribution in [3.05, 3.63) is 81.9 Å². The Kier molecular flexibility index (Phi) is 7.01. The smallest absolute Gasteiger partial charge is 0.335 e. The van der Waals surface area contributed by atoms with Crippen LogP contribution in [0.5, 0.6) is 0 Å². The predicted octanol–water partition coefficient (Wildman–Crippen LogP) is 2.25. The fourth-order valence-corrected chi connectivity index (χ4v) is 4.12. The lowest BCUT2D eigenvalue weighted by Gasteiger charge is -2.25. The molecule has 166 valence electrons. The van der Waals surface area contributed by atoms with E-state index in [9.17, 15) is 19.8 Å². The Morgan fingerprint density at radius 2 is 0.781 bits per heavy atom. The number of rotatable bonds is 8. The first-order valence-corrected chi connectivity index (χ1v) is 10.0. The topological polar surface area (TPSA) is 179 Å². The van der Waals surface area contributed by atoms with Crippen LogP contribution in [0.3, 0.4) is 0 Å². The van der Waals surface area contributed by atoms with Gasteiger partial charge < -0.3 is 33.1 Å². The van der Waals surface area contributed by atoms with Crippen molar-refractivity contribution < 1.29 is 19.8 Å². The number of benzene rings is 3. The van der Waals surface area contributed by atoms with E-state index in [1.807, 2.05) is 0 Å². The fraction of sp³-hybridized carbons (Fsp3) is 0.167. The van der Waals surface area contributed by atoms with Crippen LogP contribution >= 0.6 is 0 Å². The zero-order valence-electron chi connectivity index (χ0n) is 17.5. The molecule has 3 rings (SSSR count). The molecule has 0 aliphatic carbocycles. The van der Waals surface area contributed by atoms with E-state index >= 15 is 0 Å². The molecule has 0 spiro atoms. The average molecular weight is 434 g/mol. The molecule has 0 saturated carbocycles. The predicted molar refractivity (Wildman–Crippen MR) is 123 cm³/mol. The van der Waals surface area contributed by atoms with Crippen molar-refractivity contribution in [2.24, 2.45) is 22.9 Å². The number of aromatic carboxylic acids is 2. The Morgan fingerprint density at radius 1 is 0.531 bits per heavy atom. The van der Waals surface area contributed by atoms with Crippen LogP contribution in [0, 0.1) is 0 Å². The number of carboxylic acid groups (broad SMARTS) is 2. The Balaban J connectivity index is 2.35. The van der Waals surface area contributed by atoms with Gasteiger partial charge in [0, 0.05) is 26.2 Å². The van der Waals surface area contributed by atoms with Gasteiger partial charge in [-0.3, -0.25) is 0 Å². The van der Waals surface area contributed by atoms with Gasteiger partial charge in [0.15, 0.2) is 0 Å². The molecule has 0 radical (unpaired) electrons. The molecule has 0 fully saturated rings. The number of hydrogen-bond donors (Lipinski definition) is 6. The molecular weight excluding hydrogens is 408 g/mol. The maximum Gasteiger partial charge on any atom is 0.335 e. The van der Waals surface area contributed by atoms with Crippen molar-refractivity contribution in [2.75, 3.05) is 0 Å². The summed E-state index contributed by atoms with van der Waals surface area (Å²) in [6.45, 7) is 0.725. The van der Waals surface area contributed by atoms with Gasteiger partial charge in [0.2, 0.25) is 0 Å². The minimum atomic E-state index is -1.01. The maximum absolute atomic E-state index is 11.3. The van der Waals surface area contributed by atoms with Gasteiger partial charge in [-0.1, -0.05) is 24.3 Å². The van der Waals surface area contributed by atoms with Crippen molar-refractivity contribution in [1.29, 1.82) is 0 Å². The Bertz CT molecular complexity index is 1030. The molecule has 0 aliphatic heterocycles. The Morgan fingerprint density at radius 3 is 0.969 bits per heavy atom. The Labute approximate surface area is 185 Å². The van der Waals surface area contributed by atoms with Gasteiger partial charge in [-0.25, -0.2) is 9.59 Å². The molecule has 32 heavy (non-hydrogen) atoms. The number of carbonyl (C=O) groups is 2. The van der Waals surface area contributed by atoms with Gasteiger partial charge >= 0.3 is 11.9 Å². The highest BCUT2D eigenvalue weighted by Crippen LogP contribution is 2.40. The minimum Gasteiger partial charge on any atom is -0.478 e. The van der Waals surface area contributed by atoms with Crippen LogP contribution in [0.15, 0.2) is 48.5 Å². The van der Waals surface area contributed by atoms with Gasteiger partial charge in [-0.15, -0.1) is 0 Å². The van der Waals surface area contributed by atoms with Crippen LogP contribution in [-0.4, -0.2) is 22.2 Å². The summed E-state index contributed by atoms with van der Waals surface area (Å²) in [7, 11) is 0. The van der Waals surface area contributed by atoms with Gasteiger partial charge in [-0.2, -0.15) is 0 Å². The van der Waals surface area contributed by atoms with E-state index < -0.39 is 11.9 Å². The highest BCUT2D eigenvalue weighted by atomic mass is 16.4. The van der Waals surface area contributed by atoms with Gasteiger partial charge in [0.1, 0.15) is 0 Å². The van der Waals surface area contributed by atoms with Gasteiger partial charge in [0.05, 0.1) is 11.1 Å². The lowest BCUT2D eigenvalue weighted by molar-refractivity contribution is 0.0686. The second-order valence-corrected chi connectivity index (χ2v) is 7.25. The van der Waals surface area contributed by atoms with Crippen molar-refractivity contribution in [3.8, 4) is 22.3 Å². The first-order valence-electron chi connectivity index (χ1n) is 10.0. The molecule has 8 heteroatoms. The summed E-state index contributed by atoms with van der Waals surface area (Å²) in [6, 6.07) is 13.0. The third kappa shape index (κ3) is 4.12. The van der Waals surface area contributed by atoms with E-state index in [4.69, 9.17) is 22.9 Å². The third-order valence-corrected chi connectivity index (χ3v) is 5.59. The van der Waals surface area contributed by atoms with Crippen LogP contribution in [0.25, 0.3) is 22.3 Å². The summed E-state index contributed by atoms with van der Waals surface area (Å²) in [5.41, 5.74) is 31.4. The second-order valence-electron chi connectivity index (χ2n) is 7.25. The SMILES string of the molecule is NCc1c(CN)c(-c2ccc(C(=O)O)cc2)c(CN)c(CN)c1-c1ccc(C(=O)O)cc1. The monoisotopic (exact) mass is 434 g/mol. The molecule has 0 amide bonds. The van der Waals surface area contributed by atoms with Crippen molar-refractivity contribution in [1.82, 2.24) is 0 Å². The molecule has 0 aliphatic rings. The summed E-state index contributed by atoms with van der Waals surface area (Å²) in [5.74, 6) is -2.03. The third-order valence-electron chi connectivity index (χ3n) is 5.59. The largest absolute Gasteiger partial charge is 0.478 e. The average Bonchev–Trinajstić information content (AvgIpc) is 2.82. The highest BCUT2D eigenvalue weighted by molar-refractivity contribution is 5.90. The lowest BCUT2D eigenvalue weighted by atomic mass is 9.81. The number of hydrogen-bond acceptors (Lipinski definition) is 6. The molecule has 10 N–H and O–H groups in total. The van der Waals surface area contributed by atoms with Gasteiger partial charge in [0.25, 0.3) is 0 Å².